The maximum absolute atomic E-state index is 5.56. The molecule has 2 radical (unpaired) electrons. The van der Waals surface area contributed by atoms with E-state index in [9.17, 15) is 0 Å². The first-order valence-corrected chi connectivity index (χ1v) is 4.66. The van der Waals surface area contributed by atoms with Crippen molar-refractivity contribution in [2.24, 2.45) is 5.73 Å². The maximum atomic E-state index is 5.56. The van der Waals surface area contributed by atoms with E-state index in [4.69, 9.17) is 13.6 Å². The number of aromatic nitrogens is 2. The van der Waals surface area contributed by atoms with Gasteiger partial charge < -0.3 is 5.73 Å². The molecule has 1 aromatic carbocycles. The lowest BCUT2D eigenvalue weighted by atomic mass is 10.0. The van der Waals surface area contributed by atoms with Crippen LogP contribution < -0.4 is 11.2 Å². The molecule has 1 aromatic heterocycles. The smallest absolute Gasteiger partial charge is 0.159 e. The summed E-state index contributed by atoms with van der Waals surface area (Å²) in [5.74, 6) is 0.666. The summed E-state index contributed by atoms with van der Waals surface area (Å²) in [7, 11) is 5.52. The molecule has 0 amide bonds. The van der Waals surface area contributed by atoms with Crippen molar-refractivity contribution >= 4 is 13.3 Å². The predicted molar refractivity (Wildman–Crippen MR) is 60.7 cm³/mol. The molecule has 0 bridgehead atoms. The van der Waals surface area contributed by atoms with E-state index in [1.54, 1.807) is 12.4 Å². The van der Waals surface area contributed by atoms with Crippen LogP contribution >= 0.6 is 0 Å². The van der Waals surface area contributed by atoms with Gasteiger partial charge in [0.1, 0.15) is 7.85 Å². The van der Waals surface area contributed by atoms with Gasteiger partial charge >= 0.3 is 0 Å². The van der Waals surface area contributed by atoms with Crippen molar-refractivity contribution in [3.8, 4) is 11.4 Å². The highest BCUT2D eigenvalue weighted by atomic mass is 14.9. The molecule has 2 N–H and O–H groups in total. The largest absolute Gasteiger partial charge is 0.326 e. The van der Waals surface area contributed by atoms with Crippen LogP contribution in [0.5, 0.6) is 0 Å². The lowest BCUT2D eigenvalue weighted by Crippen LogP contribution is -2.05. The molecule has 0 aliphatic rings. The number of hydrogen-bond donors (Lipinski definition) is 1. The monoisotopic (exact) mass is 195 g/mol. The molecule has 0 spiro atoms. The molecule has 0 unspecified atom stereocenters. The maximum Gasteiger partial charge on any atom is 0.159 e. The van der Waals surface area contributed by atoms with Crippen LogP contribution in [-0.4, -0.2) is 17.8 Å². The Labute approximate surface area is 89.8 Å². The van der Waals surface area contributed by atoms with Crippen molar-refractivity contribution in [2.45, 2.75) is 6.54 Å². The van der Waals surface area contributed by atoms with Gasteiger partial charge in [-0.2, -0.15) is 0 Å². The summed E-state index contributed by atoms with van der Waals surface area (Å²) in [5, 5.41) is 0. The number of benzene rings is 1. The van der Waals surface area contributed by atoms with E-state index in [0.717, 1.165) is 11.1 Å². The second-order valence-electron chi connectivity index (χ2n) is 3.24. The van der Waals surface area contributed by atoms with Crippen LogP contribution in [0.4, 0.5) is 0 Å². The standard InChI is InChI=1S/C11H10BN3/c12-10-6-14-11(15-7-10)9-3-1-2-8(4-9)5-13/h1-4,6-7H,5,13H2. The van der Waals surface area contributed by atoms with Gasteiger partial charge in [0, 0.05) is 24.5 Å². The Hall–Kier alpha value is -1.68. The molecule has 0 aliphatic heterocycles. The van der Waals surface area contributed by atoms with E-state index in [2.05, 4.69) is 9.97 Å². The van der Waals surface area contributed by atoms with E-state index >= 15 is 0 Å². The molecule has 0 atom stereocenters. The molecule has 0 fully saturated rings. The Morgan fingerprint density at radius 1 is 1.20 bits per heavy atom. The molecule has 3 nitrogen and oxygen atoms in total. The molecule has 1 heterocycles. The second-order valence-corrected chi connectivity index (χ2v) is 3.24. The minimum absolute atomic E-state index is 0.517. The number of hydrogen-bond acceptors (Lipinski definition) is 3. The summed E-state index contributed by atoms with van der Waals surface area (Å²) in [6.07, 6.45) is 3.19. The Morgan fingerprint density at radius 3 is 2.60 bits per heavy atom. The molecule has 72 valence electrons. The molecule has 0 saturated carbocycles. The minimum Gasteiger partial charge on any atom is -0.326 e. The summed E-state index contributed by atoms with van der Waals surface area (Å²) < 4.78 is 0. The Balaban J connectivity index is 2.40. The van der Waals surface area contributed by atoms with Crippen molar-refractivity contribution in [1.29, 1.82) is 0 Å². The topological polar surface area (TPSA) is 51.8 Å². The third-order valence-corrected chi connectivity index (χ3v) is 2.09. The highest BCUT2D eigenvalue weighted by molar-refractivity contribution is 6.31. The van der Waals surface area contributed by atoms with Crippen LogP contribution in [-0.2, 0) is 6.54 Å². The summed E-state index contributed by atoms with van der Waals surface area (Å²) in [6, 6.07) is 7.84. The first kappa shape index (κ1) is 9.86. The molecule has 4 heteroatoms. The van der Waals surface area contributed by atoms with E-state index in [1.807, 2.05) is 24.3 Å². The van der Waals surface area contributed by atoms with Crippen LogP contribution in [0.25, 0.3) is 11.4 Å². The van der Waals surface area contributed by atoms with Gasteiger partial charge in [-0.15, -0.1) is 0 Å². The Bertz CT molecular complexity index is 454. The number of rotatable bonds is 2. The molecule has 0 saturated heterocycles. The van der Waals surface area contributed by atoms with Gasteiger partial charge in [-0.05, 0) is 11.6 Å². The summed E-state index contributed by atoms with van der Waals surface area (Å²) in [5.41, 5.74) is 8.14. The summed E-state index contributed by atoms with van der Waals surface area (Å²) >= 11 is 0. The van der Waals surface area contributed by atoms with Gasteiger partial charge in [0.25, 0.3) is 0 Å². The van der Waals surface area contributed by atoms with E-state index in [-0.39, 0.29) is 0 Å². The first-order valence-electron chi connectivity index (χ1n) is 4.66. The van der Waals surface area contributed by atoms with Crippen LogP contribution in [0.1, 0.15) is 5.56 Å². The summed E-state index contributed by atoms with van der Waals surface area (Å²) in [6.45, 7) is 0.517. The Kier molecular flexibility index (Phi) is 2.78. The quantitative estimate of drug-likeness (QED) is 0.705. The molecule has 2 aromatic rings. The van der Waals surface area contributed by atoms with Gasteiger partial charge in [0.05, 0.1) is 0 Å². The van der Waals surface area contributed by atoms with Gasteiger partial charge in [0.15, 0.2) is 5.82 Å². The highest BCUT2D eigenvalue weighted by Crippen LogP contribution is 2.14. The third-order valence-electron chi connectivity index (χ3n) is 2.09. The van der Waals surface area contributed by atoms with Gasteiger partial charge in [-0.1, -0.05) is 23.7 Å². The highest BCUT2D eigenvalue weighted by Gasteiger charge is 2.00. The number of nitrogens with two attached hydrogens (primary N) is 1. The first-order chi connectivity index (χ1) is 7.29. The van der Waals surface area contributed by atoms with Crippen LogP contribution in [0.15, 0.2) is 36.7 Å². The summed E-state index contributed by atoms with van der Waals surface area (Å²) in [4.78, 5) is 8.29. The van der Waals surface area contributed by atoms with Crippen LogP contribution in [0, 0.1) is 0 Å². The van der Waals surface area contributed by atoms with Gasteiger partial charge in [0.2, 0.25) is 0 Å². The zero-order valence-corrected chi connectivity index (χ0v) is 8.22. The van der Waals surface area contributed by atoms with Crippen molar-refractivity contribution in [2.75, 3.05) is 0 Å². The van der Waals surface area contributed by atoms with Crippen LogP contribution in [0.3, 0.4) is 0 Å². The van der Waals surface area contributed by atoms with Crippen molar-refractivity contribution in [1.82, 2.24) is 9.97 Å². The van der Waals surface area contributed by atoms with Crippen molar-refractivity contribution in [3.05, 3.63) is 42.2 Å². The fourth-order valence-corrected chi connectivity index (χ4v) is 1.32. The van der Waals surface area contributed by atoms with Gasteiger partial charge in [-0.25, -0.2) is 9.97 Å². The normalized spacial score (nSPS) is 10.2. The lowest BCUT2D eigenvalue weighted by molar-refractivity contribution is 1.07. The molecule has 2 rings (SSSR count). The van der Waals surface area contributed by atoms with E-state index in [1.165, 1.54) is 0 Å². The zero-order valence-electron chi connectivity index (χ0n) is 8.22. The fraction of sp³-hybridized carbons (Fsp3) is 0.0909. The molecular formula is C11H10BN3. The molecular weight excluding hydrogens is 185 g/mol. The number of nitrogens with zero attached hydrogens (tertiary/aromatic N) is 2. The fourth-order valence-electron chi connectivity index (χ4n) is 1.32. The SMILES string of the molecule is [B]c1cnc(-c2cccc(CN)c2)nc1. The van der Waals surface area contributed by atoms with E-state index in [0.29, 0.717) is 17.8 Å². The van der Waals surface area contributed by atoms with Crippen molar-refractivity contribution in [3.63, 3.8) is 0 Å². The average molecular weight is 195 g/mol. The average Bonchev–Trinajstić information content (AvgIpc) is 2.30. The van der Waals surface area contributed by atoms with Crippen molar-refractivity contribution < 1.29 is 0 Å². The van der Waals surface area contributed by atoms with Gasteiger partial charge in [-0.3, -0.25) is 0 Å². The predicted octanol–water partition coefficient (Wildman–Crippen LogP) is 0.396. The Morgan fingerprint density at radius 2 is 1.93 bits per heavy atom. The second kappa shape index (κ2) is 4.23. The minimum atomic E-state index is 0.517. The lowest BCUT2D eigenvalue weighted by Gasteiger charge is -2.02. The third kappa shape index (κ3) is 2.22. The van der Waals surface area contributed by atoms with Crippen LogP contribution in [0.2, 0.25) is 0 Å². The molecule has 0 aliphatic carbocycles. The zero-order chi connectivity index (χ0) is 10.7. The molecule has 15 heavy (non-hydrogen) atoms. The van der Waals surface area contributed by atoms with E-state index < -0.39 is 0 Å².